The van der Waals surface area contributed by atoms with Gasteiger partial charge in [-0.3, -0.25) is 10.2 Å². The van der Waals surface area contributed by atoms with E-state index in [0.29, 0.717) is 10.2 Å². The number of carbonyl (C=O) groups is 1. The molecule has 0 radical (unpaired) electrons. The van der Waals surface area contributed by atoms with E-state index >= 15 is 0 Å². The van der Waals surface area contributed by atoms with Crippen LogP contribution in [0.1, 0.15) is 5.56 Å². The van der Waals surface area contributed by atoms with Crippen LogP contribution >= 0.6 is 31.9 Å². The molecule has 9 heteroatoms. The number of aryl methyl sites for hydroxylation is 1. The van der Waals surface area contributed by atoms with Crippen molar-refractivity contribution in [3.63, 3.8) is 0 Å². The highest BCUT2D eigenvalue weighted by molar-refractivity contribution is 9.11. The Hall–Kier alpha value is -1.42. The molecule has 0 bridgehead atoms. The van der Waals surface area contributed by atoms with Crippen molar-refractivity contribution in [1.29, 1.82) is 0 Å². The monoisotopic (exact) mass is 476 g/mol. The van der Waals surface area contributed by atoms with E-state index in [1.807, 2.05) is 11.8 Å². The number of hydrogen-bond acceptors (Lipinski definition) is 4. The normalized spacial score (nSPS) is 11.1. The predicted octanol–water partition coefficient (Wildman–Crippen LogP) is 2.91. The molecular formula is C15H14Br2N2O4S. The molecule has 2 N–H and O–H groups in total. The van der Waals surface area contributed by atoms with Crippen molar-refractivity contribution in [3.8, 4) is 5.75 Å². The van der Waals surface area contributed by atoms with Crippen LogP contribution in [0.4, 0.5) is 0 Å². The minimum atomic E-state index is -3.82. The average Bonchev–Trinajstić information content (AvgIpc) is 2.52. The summed E-state index contributed by atoms with van der Waals surface area (Å²) in [6, 6.07) is 11.5. The number of amides is 1. The number of ether oxygens (including phenoxy) is 1. The third-order valence-electron chi connectivity index (χ3n) is 2.91. The quantitative estimate of drug-likeness (QED) is 0.626. The van der Waals surface area contributed by atoms with E-state index in [1.165, 1.54) is 12.1 Å². The van der Waals surface area contributed by atoms with E-state index in [0.717, 1.165) is 10.0 Å². The molecule has 0 spiro atoms. The molecule has 6 nitrogen and oxygen atoms in total. The van der Waals surface area contributed by atoms with E-state index in [9.17, 15) is 13.2 Å². The first-order chi connectivity index (χ1) is 11.3. The minimum absolute atomic E-state index is 0.0602. The van der Waals surface area contributed by atoms with Crippen LogP contribution in [0.2, 0.25) is 0 Å². The molecule has 0 atom stereocenters. The lowest BCUT2D eigenvalue weighted by Gasteiger charge is -2.10. The molecule has 0 saturated heterocycles. The fraction of sp³-hybridized carbons (Fsp3) is 0.133. The van der Waals surface area contributed by atoms with Gasteiger partial charge in [0.1, 0.15) is 5.75 Å². The molecule has 0 fully saturated rings. The predicted molar refractivity (Wildman–Crippen MR) is 97.0 cm³/mol. The molecule has 0 unspecified atom stereocenters. The largest absolute Gasteiger partial charge is 0.483 e. The number of sulfonamides is 1. The molecule has 0 saturated carbocycles. The van der Waals surface area contributed by atoms with Gasteiger partial charge in [-0.25, -0.2) is 8.42 Å². The SMILES string of the molecule is Cc1ccc(S(=O)(=O)NNC(=O)COc2ccc(Br)cc2Br)cc1. The molecule has 0 aliphatic rings. The first-order valence-electron chi connectivity index (χ1n) is 6.73. The average molecular weight is 478 g/mol. The molecule has 0 aromatic heterocycles. The zero-order valence-corrected chi connectivity index (χ0v) is 16.5. The van der Waals surface area contributed by atoms with Gasteiger partial charge in [-0.2, -0.15) is 0 Å². The number of rotatable bonds is 6. The van der Waals surface area contributed by atoms with Gasteiger partial charge in [0.15, 0.2) is 6.61 Å². The second kappa shape index (κ2) is 8.11. The molecule has 24 heavy (non-hydrogen) atoms. The van der Waals surface area contributed by atoms with Gasteiger partial charge in [0.2, 0.25) is 0 Å². The molecule has 2 rings (SSSR count). The van der Waals surface area contributed by atoms with Crippen LogP contribution in [0.25, 0.3) is 0 Å². The zero-order valence-electron chi connectivity index (χ0n) is 12.5. The van der Waals surface area contributed by atoms with Gasteiger partial charge in [-0.1, -0.05) is 33.6 Å². The Morgan fingerprint density at radius 3 is 2.42 bits per heavy atom. The summed E-state index contributed by atoms with van der Waals surface area (Å²) in [6.07, 6.45) is 0. The van der Waals surface area contributed by atoms with Crippen molar-refractivity contribution in [2.45, 2.75) is 11.8 Å². The number of hydrogen-bond donors (Lipinski definition) is 2. The second-order valence-corrected chi connectivity index (χ2v) is 8.28. The van der Waals surface area contributed by atoms with Crippen molar-refractivity contribution < 1.29 is 17.9 Å². The van der Waals surface area contributed by atoms with Crippen molar-refractivity contribution in [2.75, 3.05) is 6.61 Å². The molecule has 1 amide bonds. The van der Waals surface area contributed by atoms with Crippen LogP contribution in [0.3, 0.4) is 0 Å². The summed E-state index contributed by atoms with van der Waals surface area (Å²) in [6.45, 7) is 1.51. The summed E-state index contributed by atoms with van der Waals surface area (Å²) in [4.78, 5) is 13.8. The Kier molecular flexibility index (Phi) is 6.39. The van der Waals surface area contributed by atoms with E-state index in [-0.39, 0.29) is 11.5 Å². The summed E-state index contributed by atoms with van der Waals surface area (Å²) < 4.78 is 30.9. The number of hydrazine groups is 1. The maximum absolute atomic E-state index is 12.0. The smallest absolute Gasteiger partial charge is 0.272 e. The van der Waals surface area contributed by atoms with Crippen LogP contribution < -0.4 is 15.0 Å². The number of carbonyl (C=O) groups excluding carboxylic acids is 1. The zero-order chi connectivity index (χ0) is 17.7. The standard InChI is InChI=1S/C15H14Br2N2O4S/c1-10-2-5-12(6-3-10)24(21,22)19-18-15(20)9-23-14-7-4-11(16)8-13(14)17/h2-8,19H,9H2,1H3,(H,18,20). The van der Waals surface area contributed by atoms with Gasteiger partial charge in [0.25, 0.3) is 15.9 Å². The molecule has 128 valence electrons. The Morgan fingerprint density at radius 2 is 1.79 bits per heavy atom. The third kappa shape index (κ3) is 5.30. The molecule has 2 aromatic carbocycles. The van der Waals surface area contributed by atoms with Crippen LogP contribution in [0.5, 0.6) is 5.75 Å². The third-order valence-corrected chi connectivity index (χ3v) is 5.29. The van der Waals surface area contributed by atoms with Crippen LogP contribution in [0, 0.1) is 6.92 Å². The lowest BCUT2D eigenvalue weighted by atomic mass is 10.2. The number of benzene rings is 2. The second-order valence-electron chi connectivity index (χ2n) is 4.83. The van der Waals surface area contributed by atoms with Gasteiger partial charge in [0, 0.05) is 4.47 Å². The van der Waals surface area contributed by atoms with E-state index in [2.05, 4.69) is 37.3 Å². The maximum atomic E-state index is 12.0. The summed E-state index contributed by atoms with van der Waals surface area (Å²) in [5, 5.41) is 0. The van der Waals surface area contributed by atoms with Gasteiger partial charge in [-0.15, -0.1) is 4.83 Å². The fourth-order valence-electron chi connectivity index (χ4n) is 1.67. The molecule has 2 aromatic rings. The topological polar surface area (TPSA) is 84.5 Å². The molecule has 0 aliphatic carbocycles. The first-order valence-corrected chi connectivity index (χ1v) is 9.80. The van der Waals surface area contributed by atoms with E-state index < -0.39 is 15.9 Å². The molecular weight excluding hydrogens is 464 g/mol. The summed E-state index contributed by atoms with van der Waals surface area (Å²) >= 11 is 6.61. The van der Waals surface area contributed by atoms with Crippen molar-refractivity contribution in [2.24, 2.45) is 0 Å². The Balaban J connectivity index is 1.89. The van der Waals surface area contributed by atoms with Crippen molar-refractivity contribution >= 4 is 47.8 Å². The lowest BCUT2D eigenvalue weighted by Crippen LogP contribution is -2.43. The highest BCUT2D eigenvalue weighted by Gasteiger charge is 2.15. The van der Waals surface area contributed by atoms with E-state index in [1.54, 1.807) is 30.3 Å². The first kappa shape index (κ1) is 18.9. The van der Waals surface area contributed by atoms with E-state index in [4.69, 9.17) is 4.74 Å². The van der Waals surface area contributed by atoms with Crippen LogP contribution in [0.15, 0.2) is 56.3 Å². The minimum Gasteiger partial charge on any atom is -0.483 e. The van der Waals surface area contributed by atoms with Gasteiger partial charge >= 0.3 is 0 Å². The summed E-state index contributed by atoms with van der Waals surface area (Å²) in [5.74, 6) is -0.157. The summed E-state index contributed by atoms with van der Waals surface area (Å²) in [7, 11) is -3.82. The molecule has 0 heterocycles. The van der Waals surface area contributed by atoms with Crippen molar-refractivity contribution in [3.05, 3.63) is 57.0 Å². The summed E-state index contributed by atoms with van der Waals surface area (Å²) in [5.41, 5.74) is 3.05. The Labute approximate surface area is 156 Å². The Morgan fingerprint density at radius 1 is 1.12 bits per heavy atom. The van der Waals surface area contributed by atoms with Crippen LogP contribution in [-0.2, 0) is 14.8 Å². The highest BCUT2D eigenvalue weighted by atomic mass is 79.9. The number of nitrogens with one attached hydrogen (secondary N) is 2. The van der Waals surface area contributed by atoms with Gasteiger partial charge in [0.05, 0.1) is 9.37 Å². The highest BCUT2D eigenvalue weighted by Crippen LogP contribution is 2.28. The lowest BCUT2D eigenvalue weighted by molar-refractivity contribution is -0.123. The van der Waals surface area contributed by atoms with Gasteiger partial charge < -0.3 is 4.74 Å². The van der Waals surface area contributed by atoms with Crippen molar-refractivity contribution in [1.82, 2.24) is 10.3 Å². The Bertz CT molecular complexity index is 839. The van der Waals surface area contributed by atoms with Gasteiger partial charge in [-0.05, 0) is 53.2 Å². The molecule has 0 aliphatic heterocycles. The fourth-order valence-corrected chi connectivity index (χ4v) is 3.69. The maximum Gasteiger partial charge on any atom is 0.272 e. The number of halogens is 2. The van der Waals surface area contributed by atoms with Crippen LogP contribution in [-0.4, -0.2) is 20.9 Å².